The molecule has 33 heavy (non-hydrogen) atoms. The first kappa shape index (κ1) is 23.0. The summed E-state index contributed by atoms with van der Waals surface area (Å²) >= 11 is 0. The van der Waals surface area contributed by atoms with Gasteiger partial charge in [-0.15, -0.1) is 0 Å². The maximum Gasteiger partial charge on any atom is 0.261 e. The Morgan fingerprint density at radius 3 is 2.12 bits per heavy atom. The number of anilines is 1. The largest absolute Gasteiger partial charge is 0.348 e. The summed E-state index contributed by atoms with van der Waals surface area (Å²) in [7, 11) is -3.66. The molecule has 0 bridgehead atoms. The maximum atomic E-state index is 12.7. The van der Waals surface area contributed by atoms with Crippen molar-refractivity contribution in [2.75, 3.05) is 17.8 Å². The fraction of sp³-hybridized carbons (Fsp3) is 0.269. The molecule has 1 heterocycles. The lowest BCUT2D eigenvalue weighted by molar-refractivity contribution is 0.0950. The van der Waals surface area contributed by atoms with E-state index >= 15 is 0 Å². The van der Waals surface area contributed by atoms with E-state index in [0.717, 1.165) is 25.2 Å². The van der Waals surface area contributed by atoms with Crippen molar-refractivity contribution in [3.8, 4) is 0 Å². The Balaban J connectivity index is 1.36. The van der Waals surface area contributed by atoms with Gasteiger partial charge in [0.05, 0.1) is 4.90 Å². The minimum atomic E-state index is -3.66. The zero-order valence-corrected chi connectivity index (χ0v) is 19.4. The molecule has 2 N–H and O–H groups in total. The van der Waals surface area contributed by atoms with Crippen LogP contribution in [0.2, 0.25) is 0 Å². The van der Waals surface area contributed by atoms with Crippen LogP contribution >= 0.6 is 0 Å². The van der Waals surface area contributed by atoms with Crippen molar-refractivity contribution >= 4 is 21.6 Å². The van der Waals surface area contributed by atoms with E-state index in [-0.39, 0.29) is 10.8 Å². The molecule has 0 aromatic heterocycles. The van der Waals surface area contributed by atoms with Gasteiger partial charge in [-0.2, -0.15) is 0 Å². The number of piperidine rings is 1. The molecule has 6 nitrogen and oxygen atoms in total. The number of benzene rings is 3. The van der Waals surface area contributed by atoms with Gasteiger partial charge in [-0.1, -0.05) is 48.9 Å². The molecule has 1 fully saturated rings. The van der Waals surface area contributed by atoms with Crippen LogP contribution in [0.15, 0.2) is 83.8 Å². The van der Waals surface area contributed by atoms with Crippen molar-refractivity contribution in [2.45, 2.75) is 37.2 Å². The molecule has 0 atom stereocenters. The molecule has 7 heteroatoms. The number of hydrogen-bond donors (Lipinski definition) is 2. The fourth-order valence-electron chi connectivity index (χ4n) is 4.02. The summed E-state index contributed by atoms with van der Waals surface area (Å²) in [4.78, 5) is 15.3. The Labute approximate surface area is 195 Å². The highest BCUT2D eigenvalue weighted by Gasteiger charge is 2.15. The van der Waals surface area contributed by atoms with Crippen molar-refractivity contribution in [3.63, 3.8) is 0 Å². The van der Waals surface area contributed by atoms with E-state index in [1.165, 1.54) is 37.0 Å². The lowest BCUT2D eigenvalue weighted by Gasteiger charge is -2.27. The summed E-state index contributed by atoms with van der Waals surface area (Å²) < 4.78 is 27.5. The zero-order chi connectivity index (χ0) is 23.1. The van der Waals surface area contributed by atoms with Crippen LogP contribution in [0.1, 0.15) is 40.7 Å². The SMILES string of the molecule is O=C(NCc1ccccc1CN1CCCCC1)c1ccc(NS(=O)(=O)c2ccccc2)cc1. The highest BCUT2D eigenvalue weighted by atomic mass is 32.2. The molecule has 0 unspecified atom stereocenters. The van der Waals surface area contributed by atoms with Gasteiger partial charge in [-0.05, 0) is 73.5 Å². The van der Waals surface area contributed by atoms with E-state index in [2.05, 4.69) is 27.1 Å². The summed E-state index contributed by atoms with van der Waals surface area (Å²) in [5.74, 6) is -0.194. The highest BCUT2D eigenvalue weighted by molar-refractivity contribution is 7.92. The predicted molar refractivity (Wildman–Crippen MR) is 130 cm³/mol. The van der Waals surface area contributed by atoms with Crippen LogP contribution in [-0.2, 0) is 23.1 Å². The van der Waals surface area contributed by atoms with Gasteiger partial charge in [0.1, 0.15) is 0 Å². The molecule has 0 aliphatic carbocycles. The molecule has 1 aliphatic heterocycles. The average Bonchev–Trinajstić information content (AvgIpc) is 2.85. The van der Waals surface area contributed by atoms with Crippen molar-refractivity contribution in [3.05, 3.63) is 95.6 Å². The van der Waals surface area contributed by atoms with E-state index in [4.69, 9.17) is 0 Å². The normalized spacial score (nSPS) is 14.5. The lowest BCUT2D eigenvalue weighted by atomic mass is 10.0. The van der Waals surface area contributed by atoms with Gasteiger partial charge >= 0.3 is 0 Å². The zero-order valence-electron chi connectivity index (χ0n) is 18.5. The summed E-state index contributed by atoms with van der Waals surface area (Å²) in [5, 5.41) is 2.99. The summed E-state index contributed by atoms with van der Waals surface area (Å²) in [5.41, 5.74) is 3.24. The fourth-order valence-corrected chi connectivity index (χ4v) is 5.10. The first-order valence-corrected chi connectivity index (χ1v) is 12.7. The van der Waals surface area contributed by atoms with Gasteiger partial charge in [0.2, 0.25) is 0 Å². The van der Waals surface area contributed by atoms with Crippen molar-refractivity contribution in [1.29, 1.82) is 0 Å². The molecule has 0 spiro atoms. The second-order valence-electron chi connectivity index (χ2n) is 8.28. The summed E-state index contributed by atoms with van der Waals surface area (Å²) in [6, 6.07) is 22.8. The van der Waals surface area contributed by atoms with Gasteiger partial charge in [-0.3, -0.25) is 14.4 Å². The third kappa shape index (κ3) is 6.21. The van der Waals surface area contributed by atoms with E-state index in [1.807, 2.05) is 12.1 Å². The first-order chi connectivity index (χ1) is 16.0. The second-order valence-corrected chi connectivity index (χ2v) is 9.97. The molecule has 1 amide bonds. The van der Waals surface area contributed by atoms with Gasteiger partial charge in [-0.25, -0.2) is 8.42 Å². The van der Waals surface area contributed by atoms with E-state index in [1.54, 1.807) is 42.5 Å². The second kappa shape index (κ2) is 10.6. The number of nitrogens with one attached hydrogen (secondary N) is 2. The van der Waals surface area contributed by atoms with Crippen LogP contribution in [0.4, 0.5) is 5.69 Å². The van der Waals surface area contributed by atoms with Crippen LogP contribution in [0, 0.1) is 0 Å². The molecule has 172 valence electrons. The number of amides is 1. The highest BCUT2D eigenvalue weighted by Crippen LogP contribution is 2.18. The van der Waals surface area contributed by atoms with Crippen LogP contribution in [0.5, 0.6) is 0 Å². The smallest absolute Gasteiger partial charge is 0.261 e. The Morgan fingerprint density at radius 2 is 1.42 bits per heavy atom. The molecular weight excluding hydrogens is 434 g/mol. The number of sulfonamides is 1. The average molecular weight is 464 g/mol. The van der Waals surface area contributed by atoms with Crippen molar-refractivity contribution in [1.82, 2.24) is 10.2 Å². The number of rotatable bonds is 8. The first-order valence-electron chi connectivity index (χ1n) is 11.3. The van der Waals surface area contributed by atoms with Gasteiger partial charge in [0, 0.05) is 24.3 Å². The Hall–Kier alpha value is -3.16. The van der Waals surface area contributed by atoms with E-state index < -0.39 is 10.0 Å². The molecule has 1 aliphatic rings. The summed E-state index contributed by atoms with van der Waals surface area (Å²) in [6.07, 6.45) is 3.80. The number of hydrogen-bond acceptors (Lipinski definition) is 4. The maximum absolute atomic E-state index is 12.7. The van der Waals surface area contributed by atoms with Crippen LogP contribution < -0.4 is 10.0 Å². The van der Waals surface area contributed by atoms with Gasteiger partial charge < -0.3 is 5.32 Å². The van der Waals surface area contributed by atoms with E-state index in [0.29, 0.717) is 17.8 Å². The van der Waals surface area contributed by atoms with Crippen molar-refractivity contribution in [2.24, 2.45) is 0 Å². The third-order valence-corrected chi connectivity index (χ3v) is 7.25. The predicted octanol–water partition coefficient (Wildman–Crippen LogP) is 4.40. The quantitative estimate of drug-likeness (QED) is 0.519. The molecule has 0 radical (unpaired) electrons. The topological polar surface area (TPSA) is 78.5 Å². The van der Waals surface area contributed by atoms with Crippen LogP contribution in [-0.4, -0.2) is 32.3 Å². The summed E-state index contributed by atoms with van der Waals surface area (Å²) in [6.45, 7) is 3.61. The number of carbonyl (C=O) groups excluding carboxylic acids is 1. The molecule has 4 rings (SSSR count). The lowest BCUT2D eigenvalue weighted by Crippen LogP contribution is -2.30. The van der Waals surface area contributed by atoms with Gasteiger partial charge in [0.25, 0.3) is 15.9 Å². The van der Waals surface area contributed by atoms with Crippen LogP contribution in [0.3, 0.4) is 0 Å². The number of likely N-dealkylation sites (tertiary alicyclic amines) is 1. The molecular formula is C26H29N3O3S. The minimum absolute atomic E-state index is 0.190. The standard InChI is InChI=1S/C26H29N3O3S/c30-26(27-19-22-9-5-6-10-23(22)20-29-17-7-2-8-18-29)21-13-15-24(16-14-21)28-33(31,32)25-11-3-1-4-12-25/h1,3-6,9-16,28H,2,7-8,17-20H2,(H,27,30). The number of nitrogens with zero attached hydrogens (tertiary/aromatic N) is 1. The molecule has 3 aromatic rings. The van der Waals surface area contributed by atoms with Gasteiger partial charge in [0.15, 0.2) is 0 Å². The van der Waals surface area contributed by atoms with E-state index in [9.17, 15) is 13.2 Å². The Morgan fingerprint density at radius 1 is 0.788 bits per heavy atom. The van der Waals surface area contributed by atoms with Crippen molar-refractivity contribution < 1.29 is 13.2 Å². The third-order valence-electron chi connectivity index (χ3n) is 5.85. The minimum Gasteiger partial charge on any atom is -0.348 e. The molecule has 0 saturated carbocycles. The monoisotopic (exact) mass is 463 g/mol. The van der Waals surface area contributed by atoms with Crippen LogP contribution in [0.25, 0.3) is 0 Å². The molecule has 3 aromatic carbocycles. The Kier molecular flexibility index (Phi) is 7.42. The number of carbonyl (C=O) groups is 1. The molecule has 1 saturated heterocycles. The Bertz CT molecular complexity index is 1170.